The first-order valence-electron chi connectivity index (χ1n) is 9.70. The quantitative estimate of drug-likeness (QED) is 0.467. The molecule has 0 fully saturated rings. The molecule has 3 rings (SSSR count). The van der Waals surface area contributed by atoms with E-state index in [0.717, 1.165) is 17.7 Å². The van der Waals surface area contributed by atoms with Gasteiger partial charge in [0, 0.05) is 0 Å². The molecule has 0 saturated carbocycles. The Balaban J connectivity index is 1.61. The number of aryl methyl sites for hydroxylation is 2. The fourth-order valence-corrected chi connectivity index (χ4v) is 3.70. The van der Waals surface area contributed by atoms with Crippen molar-refractivity contribution in [3.63, 3.8) is 0 Å². The van der Waals surface area contributed by atoms with Crippen molar-refractivity contribution in [2.24, 2.45) is 0 Å². The van der Waals surface area contributed by atoms with Gasteiger partial charge in [-0.1, -0.05) is 36.4 Å². The van der Waals surface area contributed by atoms with E-state index in [2.05, 4.69) is 24.8 Å². The normalized spacial score (nSPS) is 14.1. The van der Waals surface area contributed by atoms with Crippen LogP contribution in [-0.4, -0.2) is 13.1 Å². The van der Waals surface area contributed by atoms with Crippen LogP contribution in [0.1, 0.15) is 53.9 Å². The number of hydrogen-bond donors (Lipinski definition) is 0. The molecule has 0 bridgehead atoms. The number of allylic oxidation sites excluding steroid dienone is 1. The van der Waals surface area contributed by atoms with Gasteiger partial charge in [-0.2, -0.15) is 0 Å². The van der Waals surface area contributed by atoms with Crippen LogP contribution in [0.4, 0.5) is 0 Å². The highest BCUT2D eigenvalue weighted by Crippen LogP contribution is 2.27. The van der Waals surface area contributed by atoms with Crippen molar-refractivity contribution in [3.8, 4) is 5.75 Å². The van der Waals surface area contributed by atoms with Gasteiger partial charge < -0.3 is 9.47 Å². The standard InChI is InChI=1S/C24H28O3/c1-3-6-21(16-24(25)26-2)20-11-13-23(14-12-20)27-17-18-9-10-19-7-4-5-8-22(19)15-18/h3,9-15,21H,1,4-8,16-17H2,2H3/t21-/m0/s1. The lowest BCUT2D eigenvalue weighted by Gasteiger charge is -2.17. The van der Waals surface area contributed by atoms with Crippen LogP contribution in [0.2, 0.25) is 0 Å². The van der Waals surface area contributed by atoms with E-state index >= 15 is 0 Å². The summed E-state index contributed by atoms with van der Waals surface area (Å²) in [5.74, 6) is 0.728. The SMILES string of the molecule is C=CC[C@@H](CC(=O)OC)c1ccc(OCc2ccc3c(c2)CCCC3)cc1. The van der Waals surface area contributed by atoms with Crippen molar-refractivity contribution in [2.45, 2.75) is 51.0 Å². The zero-order valence-corrected chi connectivity index (χ0v) is 16.1. The van der Waals surface area contributed by atoms with E-state index in [4.69, 9.17) is 9.47 Å². The number of esters is 1. The second kappa shape index (κ2) is 9.40. The molecule has 0 spiro atoms. The minimum Gasteiger partial charge on any atom is -0.489 e. The summed E-state index contributed by atoms with van der Waals surface area (Å²) in [7, 11) is 1.42. The summed E-state index contributed by atoms with van der Waals surface area (Å²) in [4.78, 5) is 11.6. The number of ether oxygens (including phenoxy) is 2. The van der Waals surface area contributed by atoms with Crippen LogP contribution in [0.15, 0.2) is 55.1 Å². The maximum Gasteiger partial charge on any atom is 0.306 e. The Labute approximate surface area is 162 Å². The van der Waals surface area contributed by atoms with Crippen molar-refractivity contribution in [3.05, 3.63) is 77.4 Å². The van der Waals surface area contributed by atoms with E-state index in [1.54, 1.807) is 0 Å². The molecule has 142 valence electrons. The van der Waals surface area contributed by atoms with E-state index in [1.165, 1.54) is 49.5 Å². The Bertz CT molecular complexity index is 777. The van der Waals surface area contributed by atoms with Gasteiger partial charge in [-0.05, 0) is 72.4 Å². The third kappa shape index (κ3) is 5.22. The second-order valence-electron chi connectivity index (χ2n) is 7.17. The van der Waals surface area contributed by atoms with Gasteiger partial charge in [0.15, 0.2) is 0 Å². The van der Waals surface area contributed by atoms with Gasteiger partial charge in [0.1, 0.15) is 12.4 Å². The molecule has 3 heteroatoms. The maximum absolute atomic E-state index is 11.6. The molecule has 0 heterocycles. The maximum atomic E-state index is 11.6. The minimum atomic E-state index is -0.199. The van der Waals surface area contributed by atoms with Gasteiger partial charge in [-0.25, -0.2) is 0 Å². The van der Waals surface area contributed by atoms with E-state index in [1.807, 2.05) is 30.3 Å². The Hall–Kier alpha value is -2.55. The van der Waals surface area contributed by atoms with Crippen LogP contribution in [0.3, 0.4) is 0 Å². The molecule has 1 aliphatic rings. The van der Waals surface area contributed by atoms with Crippen molar-refractivity contribution in [1.82, 2.24) is 0 Å². The number of methoxy groups -OCH3 is 1. The first-order valence-corrected chi connectivity index (χ1v) is 9.70. The van der Waals surface area contributed by atoms with Gasteiger partial charge in [0.25, 0.3) is 0 Å². The van der Waals surface area contributed by atoms with Crippen molar-refractivity contribution >= 4 is 5.97 Å². The molecular formula is C24H28O3. The Morgan fingerprint density at radius 2 is 1.85 bits per heavy atom. The van der Waals surface area contributed by atoms with Crippen LogP contribution in [0.25, 0.3) is 0 Å². The van der Waals surface area contributed by atoms with Crippen molar-refractivity contribution in [1.29, 1.82) is 0 Å². The van der Waals surface area contributed by atoms with Gasteiger partial charge in [-0.3, -0.25) is 4.79 Å². The Kier molecular flexibility index (Phi) is 6.69. The average Bonchev–Trinajstić information content (AvgIpc) is 2.72. The highest BCUT2D eigenvalue weighted by Gasteiger charge is 2.15. The molecule has 0 N–H and O–H groups in total. The molecule has 2 aromatic carbocycles. The van der Waals surface area contributed by atoms with E-state index in [0.29, 0.717) is 13.0 Å². The molecule has 27 heavy (non-hydrogen) atoms. The van der Waals surface area contributed by atoms with Crippen LogP contribution < -0.4 is 4.74 Å². The fraction of sp³-hybridized carbons (Fsp3) is 0.375. The van der Waals surface area contributed by atoms with Crippen LogP contribution in [-0.2, 0) is 29.0 Å². The molecule has 0 aliphatic heterocycles. The molecule has 0 unspecified atom stereocenters. The predicted octanol–water partition coefficient (Wildman–Crippen LogP) is 5.37. The number of hydrogen-bond acceptors (Lipinski definition) is 3. The monoisotopic (exact) mass is 364 g/mol. The van der Waals surface area contributed by atoms with Gasteiger partial charge in [0.05, 0.1) is 13.5 Å². The number of benzene rings is 2. The average molecular weight is 364 g/mol. The molecule has 1 aliphatic carbocycles. The molecule has 0 amide bonds. The summed E-state index contributed by atoms with van der Waals surface area (Å²) in [5.41, 5.74) is 5.29. The lowest BCUT2D eigenvalue weighted by molar-refractivity contribution is -0.141. The zero-order valence-electron chi connectivity index (χ0n) is 16.1. The summed E-state index contributed by atoms with van der Waals surface area (Å²) in [6.45, 7) is 4.37. The summed E-state index contributed by atoms with van der Waals surface area (Å²) < 4.78 is 10.8. The second-order valence-corrected chi connectivity index (χ2v) is 7.17. The first-order chi connectivity index (χ1) is 13.2. The van der Waals surface area contributed by atoms with E-state index in [9.17, 15) is 4.79 Å². The third-order valence-corrected chi connectivity index (χ3v) is 5.26. The van der Waals surface area contributed by atoms with Crippen molar-refractivity contribution < 1.29 is 14.3 Å². The molecular weight excluding hydrogens is 336 g/mol. The number of carbonyl (C=O) groups is 1. The lowest BCUT2D eigenvalue weighted by Crippen LogP contribution is -2.08. The highest BCUT2D eigenvalue weighted by molar-refractivity contribution is 5.70. The third-order valence-electron chi connectivity index (χ3n) is 5.26. The Morgan fingerprint density at radius 3 is 2.56 bits per heavy atom. The largest absolute Gasteiger partial charge is 0.489 e. The molecule has 0 aromatic heterocycles. The number of rotatable bonds is 8. The molecule has 3 nitrogen and oxygen atoms in total. The van der Waals surface area contributed by atoms with Gasteiger partial charge >= 0.3 is 5.97 Å². The zero-order chi connectivity index (χ0) is 19.1. The topological polar surface area (TPSA) is 35.5 Å². The fourth-order valence-electron chi connectivity index (χ4n) is 3.70. The summed E-state index contributed by atoms with van der Waals surface area (Å²) in [6.07, 6.45) is 7.92. The van der Waals surface area contributed by atoms with Crippen LogP contribution >= 0.6 is 0 Å². The highest BCUT2D eigenvalue weighted by atomic mass is 16.5. The minimum absolute atomic E-state index is 0.0876. The smallest absolute Gasteiger partial charge is 0.306 e. The molecule has 0 saturated heterocycles. The number of fused-ring (bicyclic) bond motifs is 1. The Morgan fingerprint density at radius 1 is 1.11 bits per heavy atom. The van der Waals surface area contributed by atoms with E-state index in [-0.39, 0.29) is 11.9 Å². The van der Waals surface area contributed by atoms with E-state index < -0.39 is 0 Å². The predicted molar refractivity (Wildman–Crippen MR) is 108 cm³/mol. The summed E-state index contributed by atoms with van der Waals surface area (Å²) >= 11 is 0. The van der Waals surface area contributed by atoms with Crippen LogP contribution in [0, 0.1) is 0 Å². The van der Waals surface area contributed by atoms with Crippen LogP contribution in [0.5, 0.6) is 5.75 Å². The van der Waals surface area contributed by atoms with Gasteiger partial charge in [0.2, 0.25) is 0 Å². The molecule has 1 atom stereocenters. The summed E-state index contributed by atoms with van der Waals surface area (Å²) in [5, 5.41) is 0. The lowest BCUT2D eigenvalue weighted by atomic mass is 9.90. The molecule has 0 radical (unpaired) electrons. The number of carbonyl (C=O) groups excluding carboxylic acids is 1. The molecule has 2 aromatic rings. The first kappa shape index (κ1) is 19.2. The summed E-state index contributed by atoms with van der Waals surface area (Å²) in [6, 6.07) is 14.7. The van der Waals surface area contributed by atoms with Gasteiger partial charge in [-0.15, -0.1) is 6.58 Å². The van der Waals surface area contributed by atoms with Crippen molar-refractivity contribution in [2.75, 3.05) is 7.11 Å².